The standard InChI is InChI=1S/C13H9F6NO3/c1-2-22-9(21)5-7-3-4-8(6-20)10(12(14,15)16)11(7)23-13(17,18)19/h3-4H,2,5H2,1H3. The summed E-state index contributed by atoms with van der Waals surface area (Å²) in [5, 5.41) is 8.68. The SMILES string of the molecule is CCOC(=O)Cc1ccc(C#N)c(C(F)(F)F)c1OC(F)(F)F. The minimum absolute atomic E-state index is 0.100. The van der Waals surface area contributed by atoms with Crippen molar-refractivity contribution >= 4 is 5.97 Å². The summed E-state index contributed by atoms with van der Waals surface area (Å²) in [6.45, 7) is 1.32. The predicted molar refractivity (Wildman–Crippen MR) is 63.2 cm³/mol. The summed E-state index contributed by atoms with van der Waals surface area (Å²) < 4.78 is 84.3. The molecule has 0 N–H and O–H groups in total. The number of benzene rings is 1. The fourth-order valence-electron chi connectivity index (χ4n) is 1.74. The van der Waals surface area contributed by atoms with E-state index >= 15 is 0 Å². The summed E-state index contributed by atoms with van der Waals surface area (Å²) in [6.07, 6.45) is -11.6. The Morgan fingerprint density at radius 1 is 1.22 bits per heavy atom. The average Bonchev–Trinajstić information content (AvgIpc) is 2.37. The molecule has 1 aromatic rings. The molecule has 0 aliphatic carbocycles. The molecule has 1 rings (SSSR count). The summed E-state index contributed by atoms with van der Waals surface area (Å²) >= 11 is 0. The highest BCUT2D eigenvalue weighted by Gasteiger charge is 2.43. The molecule has 0 spiro atoms. The first-order valence-electron chi connectivity index (χ1n) is 6.04. The number of nitrogens with zero attached hydrogens (tertiary/aromatic N) is 1. The van der Waals surface area contributed by atoms with Crippen LogP contribution in [0.1, 0.15) is 23.6 Å². The molecule has 0 saturated heterocycles. The average molecular weight is 341 g/mol. The van der Waals surface area contributed by atoms with Gasteiger partial charge in [0.1, 0.15) is 11.3 Å². The lowest BCUT2D eigenvalue weighted by molar-refractivity contribution is -0.276. The Balaban J connectivity index is 3.52. The lowest BCUT2D eigenvalue weighted by Crippen LogP contribution is -2.23. The number of hydrogen-bond acceptors (Lipinski definition) is 4. The first-order valence-corrected chi connectivity index (χ1v) is 6.04. The monoisotopic (exact) mass is 341 g/mol. The molecule has 0 aliphatic heterocycles. The molecule has 0 unspecified atom stereocenters. The van der Waals surface area contributed by atoms with E-state index in [4.69, 9.17) is 5.26 Å². The highest BCUT2D eigenvalue weighted by molar-refractivity contribution is 5.74. The van der Waals surface area contributed by atoms with E-state index in [1.165, 1.54) is 6.92 Å². The molecule has 0 fully saturated rings. The van der Waals surface area contributed by atoms with Crippen LogP contribution in [0.4, 0.5) is 26.3 Å². The van der Waals surface area contributed by atoms with Crippen LogP contribution >= 0.6 is 0 Å². The molecule has 0 radical (unpaired) electrons. The van der Waals surface area contributed by atoms with E-state index in [1.54, 1.807) is 0 Å². The topological polar surface area (TPSA) is 59.3 Å². The lowest BCUT2D eigenvalue weighted by atomic mass is 10.0. The van der Waals surface area contributed by atoms with Crippen molar-refractivity contribution in [3.63, 3.8) is 0 Å². The molecule has 0 aliphatic rings. The first kappa shape index (κ1) is 18.6. The van der Waals surface area contributed by atoms with Gasteiger partial charge < -0.3 is 9.47 Å². The molecule has 0 atom stereocenters. The van der Waals surface area contributed by atoms with Gasteiger partial charge >= 0.3 is 18.5 Å². The zero-order valence-electron chi connectivity index (χ0n) is 11.5. The van der Waals surface area contributed by atoms with Crippen molar-refractivity contribution in [2.75, 3.05) is 6.61 Å². The Morgan fingerprint density at radius 2 is 1.83 bits per heavy atom. The summed E-state index contributed by atoms with van der Waals surface area (Å²) in [4.78, 5) is 11.3. The number of halogens is 6. The summed E-state index contributed by atoms with van der Waals surface area (Å²) in [5.41, 5.74) is -3.63. The van der Waals surface area contributed by atoms with E-state index in [0.717, 1.165) is 12.1 Å². The smallest absolute Gasteiger partial charge is 0.466 e. The van der Waals surface area contributed by atoms with Crippen molar-refractivity contribution in [2.45, 2.75) is 25.9 Å². The number of alkyl halides is 6. The van der Waals surface area contributed by atoms with Crippen LogP contribution < -0.4 is 4.74 Å². The van der Waals surface area contributed by atoms with Crippen LogP contribution in [-0.2, 0) is 22.1 Å². The van der Waals surface area contributed by atoms with Gasteiger partial charge in [-0.3, -0.25) is 4.79 Å². The maximum atomic E-state index is 13.0. The van der Waals surface area contributed by atoms with Crippen molar-refractivity contribution in [2.24, 2.45) is 0 Å². The highest BCUT2D eigenvalue weighted by Crippen LogP contribution is 2.42. The molecular weight excluding hydrogens is 332 g/mol. The summed E-state index contributed by atoms with van der Waals surface area (Å²) in [6, 6.07) is 2.60. The van der Waals surface area contributed by atoms with E-state index in [2.05, 4.69) is 9.47 Å². The fourth-order valence-corrected chi connectivity index (χ4v) is 1.74. The second-order valence-electron chi connectivity index (χ2n) is 4.12. The van der Waals surface area contributed by atoms with Gasteiger partial charge in [-0.2, -0.15) is 18.4 Å². The zero-order valence-corrected chi connectivity index (χ0v) is 11.5. The van der Waals surface area contributed by atoms with Gasteiger partial charge in [0.25, 0.3) is 0 Å². The second-order valence-corrected chi connectivity index (χ2v) is 4.12. The van der Waals surface area contributed by atoms with E-state index in [9.17, 15) is 31.1 Å². The Bertz CT molecular complexity index is 630. The zero-order chi connectivity index (χ0) is 17.8. The van der Waals surface area contributed by atoms with Gasteiger partial charge in [0.05, 0.1) is 24.7 Å². The second kappa shape index (κ2) is 6.76. The quantitative estimate of drug-likeness (QED) is 0.620. The van der Waals surface area contributed by atoms with Gasteiger partial charge in [-0.15, -0.1) is 13.2 Å². The normalized spacial score (nSPS) is 11.7. The Labute approximate surface area is 126 Å². The summed E-state index contributed by atoms with van der Waals surface area (Å²) in [5.74, 6) is -2.66. The molecule has 0 aromatic heterocycles. The maximum Gasteiger partial charge on any atom is 0.573 e. The molecule has 10 heteroatoms. The lowest BCUT2D eigenvalue weighted by Gasteiger charge is -2.19. The largest absolute Gasteiger partial charge is 0.573 e. The molecule has 126 valence electrons. The third kappa shape index (κ3) is 5.05. The van der Waals surface area contributed by atoms with Crippen LogP contribution in [0.25, 0.3) is 0 Å². The maximum absolute atomic E-state index is 13.0. The van der Waals surface area contributed by atoms with Crippen molar-refractivity contribution in [1.82, 2.24) is 0 Å². The van der Waals surface area contributed by atoms with Crippen LogP contribution in [0.5, 0.6) is 5.75 Å². The van der Waals surface area contributed by atoms with Crippen LogP contribution in [-0.4, -0.2) is 18.9 Å². The number of rotatable bonds is 4. The molecule has 0 heterocycles. The van der Waals surface area contributed by atoms with E-state index in [-0.39, 0.29) is 6.61 Å². The van der Waals surface area contributed by atoms with E-state index in [0.29, 0.717) is 6.07 Å². The fraction of sp³-hybridized carbons (Fsp3) is 0.385. The van der Waals surface area contributed by atoms with Gasteiger partial charge in [0, 0.05) is 5.56 Å². The minimum Gasteiger partial charge on any atom is -0.466 e. The van der Waals surface area contributed by atoms with Crippen molar-refractivity contribution in [1.29, 1.82) is 5.26 Å². The molecular formula is C13H9F6NO3. The van der Waals surface area contributed by atoms with Crippen molar-refractivity contribution in [3.8, 4) is 11.8 Å². The molecule has 0 saturated carbocycles. The molecule has 0 amide bonds. The molecule has 1 aromatic carbocycles. The number of esters is 1. The van der Waals surface area contributed by atoms with Crippen LogP contribution in [0.15, 0.2) is 12.1 Å². The Kier molecular flexibility index (Phi) is 5.47. The highest BCUT2D eigenvalue weighted by atomic mass is 19.4. The number of carbonyl (C=O) groups excluding carboxylic acids is 1. The Hall–Kier alpha value is -2.44. The Morgan fingerprint density at radius 3 is 2.26 bits per heavy atom. The molecule has 4 nitrogen and oxygen atoms in total. The van der Waals surface area contributed by atoms with Gasteiger partial charge in [-0.25, -0.2) is 0 Å². The van der Waals surface area contributed by atoms with Gasteiger partial charge in [-0.1, -0.05) is 6.07 Å². The number of carbonyl (C=O) groups is 1. The third-order valence-electron chi connectivity index (χ3n) is 2.50. The first-order chi connectivity index (χ1) is 10.5. The van der Waals surface area contributed by atoms with Gasteiger partial charge in [-0.05, 0) is 13.0 Å². The van der Waals surface area contributed by atoms with Crippen molar-refractivity contribution < 1.29 is 40.6 Å². The number of hydrogen-bond donors (Lipinski definition) is 0. The minimum atomic E-state index is -5.43. The van der Waals surface area contributed by atoms with Gasteiger partial charge in [0.2, 0.25) is 0 Å². The van der Waals surface area contributed by atoms with Crippen LogP contribution in [0.3, 0.4) is 0 Å². The predicted octanol–water partition coefficient (Wildman–Crippen LogP) is 3.58. The summed E-state index contributed by atoms with van der Waals surface area (Å²) in [7, 11) is 0. The number of ether oxygens (including phenoxy) is 2. The van der Waals surface area contributed by atoms with Crippen LogP contribution in [0, 0.1) is 11.3 Å². The van der Waals surface area contributed by atoms with E-state index in [1.807, 2.05) is 0 Å². The number of nitriles is 1. The van der Waals surface area contributed by atoms with Crippen LogP contribution in [0.2, 0.25) is 0 Å². The third-order valence-corrected chi connectivity index (χ3v) is 2.50. The van der Waals surface area contributed by atoms with Gasteiger partial charge in [0.15, 0.2) is 0 Å². The van der Waals surface area contributed by atoms with E-state index < -0.39 is 47.4 Å². The van der Waals surface area contributed by atoms with Crippen molar-refractivity contribution in [3.05, 3.63) is 28.8 Å². The molecule has 23 heavy (non-hydrogen) atoms. The molecule has 0 bridgehead atoms.